The summed E-state index contributed by atoms with van der Waals surface area (Å²) in [5.41, 5.74) is 2.90. The summed E-state index contributed by atoms with van der Waals surface area (Å²) in [7, 11) is 6.57. The molecule has 4 nitrogen and oxygen atoms in total. The highest BCUT2D eigenvalue weighted by Gasteiger charge is 2.05. The average Bonchev–Trinajstić information content (AvgIpc) is 2.51. The van der Waals surface area contributed by atoms with Crippen molar-refractivity contribution in [3.05, 3.63) is 54.1 Å². The van der Waals surface area contributed by atoms with Crippen LogP contribution in [0.2, 0.25) is 0 Å². The van der Waals surface area contributed by atoms with E-state index in [2.05, 4.69) is 38.3 Å². The van der Waals surface area contributed by atoms with Crippen molar-refractivity contribution < 1.29 is 9.22 Å². The average molecular weight is 312 g/mol. The molecule has 0 radical (unpaired) electrons. The molecule has 0 aliphatic rings. The number of quaternary nitrogens is 1. The molecular weight excluding hydrogens is 286 g/mol. The molecule has 0 aliphatic carbocycles. The van der Waals surface area contributed by atoms with Gasteiger partial charge in [0.15, 0.2) is 0 Å². The number of aryl methyl sites for hydroxylation is 1. The van der Waals surface area contributed by atoms with Crippen LogP contribution < -0.4 is 4.74 Å². The maximum absolute atomic E-state index is 5.75. The molecule has 0 heterocycles. The molecule has 0 atom stereocenters. The van der Waals surface area contributed by atoms with Gasteiger partial charge < -0.3 is 9.22 Å². The number of benzene rings is 2. The van der Waals surface area contributed by atoms with Gasteiger partial charge in [0.1, 0.15) is 5.75 Å². The van der Waals surface area contributed by atoms with Gasteiger partial charge in [-0.1, -0.05) is 17.7 Å². The highest BCUT2D eigenvalue weighted by Crippen LogP contribution is 2.21. The lowest BCUT2D eigenvalue weighted by Gasteiger charge is -2.23. The summed E-state index contributed by atoms with van der Waals surface area (Å²) in [5.74, 6) is 0.876. The van der Waals surface area contributed by atoms with Gasteiger partial charge >= 0.3 is 0 Å². The van der Waals surface area contributed by atoms with Crippen LogP contribution in [0.4, 0.5) is 11.4 Å². The first kappa shape index (κ1) is 17.2. The van der Waals surface area contributed by atoms with Crippen LogP contribution in [-0.2, 0) is 0 Å². The van der Waals surface area contributed by atoms with Gasteiger partial charge in [0.25, 0.3) is 0 Å². The molecular formula is C19H26N3O+. The van der Waals surface area contributed by atoms with Gasteiger partial charge in [-0.2, -0.15) is 10.2 Å². The second-order valence-corrected chi connectivity index (χ2v) is 6.75. The first-order chi connectivity index (χ1) is 10.9. The van der Waals surface area contributed by atoms with Gasteiger partial charge in [0.05, 0.1) is 45.7 Å². The van der Waals surface area contributed by atoms with E-state index in [1.54, 1.807) is 0 Å². The maximum Gasteiger partial charge on any atom is 0.119 e. The van der Waals surface area contributed by atoms with Gasteiger partial charge in [0, 0.05) is 6.42 Å². The molecule has 0 spiro atoms. The monoisotopic (exact) mass is 312 g/mol. The number of ether oxygens (including phenoxy) is 1. The fraction of sp³-hybridized carbons (Fsp3) is 0.368. The fourth-order valence-electron chi connectivity index (χ4n) is 2.06. The fourth-order valence-corrected chi connectivity index (χ4v) is 2.06. The Morgan fingerprint density at radius 2 is 1.35 bits per heavy atom. The Labute approximate surface area is 139 Å². The van der Waals surface area contributed by atoms with E-state index in [4.69, 9.17) is 4.74 Å². The molecule has 2 aromatic carbocycles. The van der Waals surface area contributed by atoms with Crippen molar-refractivity contribution in [1.29, 1.82) is 0 Å². The zero-order valence-electron chi connectivity index (χ0n) is 14.5. The Morgan fingerprint density at radius 1 is 0.826 bits per heavy atom. The van der Waals surface area contributed by atoms with Crippen LogP contribution in [-0.4, -0.2) is 38.8 Å². The smallest absolute Gasteiger partial charge is 0.119 e. The van der Waals surface area contributed by atoms with E-state index in [1.807, 2.05) is 48.5 Å². The Morgan fingerprint density at radius 3 is 1.87 bits per heavy atom. The third-order valence-electron chi connectivity index (χ3n) is 3.39. The summed E-state index contributed by atoms with van der Waals surface area (Å²) in [6.45, 7) is 3.89. The zero-order valence-corrected chi connectivity index (χ0v) is 14.5. The van der Waals surface area contributed by atoms with Crippen molar-refractivity contribution in [2.45, 2.75) is 13.3 Å². The second kappa shape index (κ2) is 7.88. The van der Waals surface area contributed by atoms with Crippen LogP contribution in [0.1, 0.15) is 12.0 Å². The topological polar surface area (TPSA) is 34.0 Å². The van der Waals surface area contributed by atoms with Gasteiger partial charge in [-0.3, -0.25) is 0 Å². The zero-order chi connectivity index (χ0) is 16.7. The van der Waals surface area contributed by atoms with Crippen LogP contribution in [0, 0.1) is 6.92 Å². The van der Waals surface area contributed by atoms with E-state index in [0.29, 0.717) is 0 Å². The highest BCUT2D eigenvalue weighted by atomic mass is 16.5. The minimum absolute atomic E-state index is 0.736. The maximum atomic E-state index is 5.75. The number of azo groups is 1. The summed E-state index contributed by atoms with van der Waals surface area (Å²) < 4.78 is 6.71. The lowest BCUT2D eigenvalue weighted by atomic mass is 10.2. The molecule has 23 heavy (non-hydrogen) atoms. The molecule has 0 N–H and O–H groups in total. The SMILES string of the molecule is Cc1ccc(N=Nc2ccc(OCCC[N+](C)(C)C)cc2)cc1. The second-order valence-electron chi connectivity index (χ2n) is 6.75. The molecule has 0 amide bonds. The van der Waals surface area contributed by atoms with E-state index in [9.17, 15) is 0 Å². The first-order valence-corrected chi connectivity index (χ1v) is 7.94. The lowest BCUT2D eigenvalue weighted by Crippen LogP contribution is -2.35. The predicted molar refractivity (Wildman–Crippen MR) is 94.8 cm³/mol. The van der Waals surface area contributed by atoms with E-state index in [0.717, 1.165) is 41.2 Å². The first-order valence-electron chi connectivity index (χ1n) is 7.94. The standard InChI is InChI=1S/C19H26N3O/c1-16-6-8-17(9-7-16)20-21-18-10-12-19(13-11-18)23-15-5-14-22(2,3)4/h6-13H,5,14-15H2,1-4H3/q+1. The molecule has 0 unspecified atom stereocenters. The van der Waals surface area contributed by atoms with Crippen molar-refractivity contribution in [3.8, 4) is 5.75 Å². The molecule has 0 aliphatic heterocycles. The summed E-state index contributed by atoms with van der Waals surface area (Å²) in [5, 5.41) is 8.47. The number of rotatable bonds is 7. The highest BCUT2D eigenvalue weighted by molar-refractivity contribution is 5.43. The number of hydrogen-bond donors (Lipinski definition) is 0. The molecule has 0 aromatic heterocycles. The number of hydrogen-bond acceptors (Lipinski definition) is 3. The quantitative estimate of drug-likeness (QED) is 0.407. The minimum atomic E-state index is 0.736. The van der Waals surface area contributed by atoms with Crippen molar-refractivity contribution in [2.24, 2.45) is 10.2 Å². The molecule has 122 valence electrons. The third kappa shape index (κ3) is 6.61. The van der Waals surface area contributed by atoms with Gasteiger partial charge in [-0.05, 0) is 43.3 Å². The van der Waals surface area contributed by atoms with Crippen LogP contribution >= 0.6 is 0 Å². The van der Waals surface area contributed by atoms with Crippen molar-refractivity contribution >= 4 is 11.4 Å². The van der Waals surface area contributed by atoms with Crippen molar-refractivity contribution in [1.82, 2.24) is 0 Å². The molecule has 0 fully saturated rings. The van der Waals surface area contributed by atoms with Gasteiger partial charge in [0.2, 0.25) is 0 Å². The van der Waals surface area contributed by atoms with Crippen LogP contribution in [0.3, 0.4) is 0 Å². The van der Waals surface area contributed by atoms with Crippen molar-refractivity contribution in [3.63, 3.8) is 0 Å². The third-order valence-corrected chi connectivity index (χ3v) is 3.39. The molecule has 2 rings (SSSR count). The summed E-state index contributed by atoms with van der Waals surface area (Å²) in [6.07, 6.45) is 1.04. The van der Waals surface area contributed by atoms with E-state index < -0.39 is 0 Å². The van der Waals surface area contributed by atoms with Crippen molar-refractivity contribution in [2.75, 3.05) is 34.3 Å². The minimum Gasteiger partial charge on any atom is -0.493 e. The van der Waals surface area contributed by atoms with E-state index in [1.165, 1.54) is 5.56 Å². The molecule has 2 aromatic rings. The molecule has 0 bridgehead atoms. The van der Waals surface area contributed by atoms with Crippen LogP contribution in [0.15, 0.2) is 58.8 Å². The molecule has 4 heteroatoms. The molecule has 0 saturated carbocycles. The van der Waals surface area contributed by atoms with Gasteiger partial charge in [-0.25, -0.2) is 0 Å². The molecule has 0 saturated heterocycles. The van der Waals surface area contributed by atoms with E-state index >= 15 is 0 Å². The van der Waals surface area contributed by atoms with E-state index in [-0.39, 0.29) is 0 Å². The van der Waals surface area contributed by atoms with Gasteiger partial charge in [-0.15, -0.1) is 0 Å². The van der Waals surface area contributed by atoms with Crippen LogP contribution in [0.5, 0.6) is 5.75 Å². The Hall–Kier alpha value is -2.20. The Kier molecular flexibility index (Phi) is 5.88. The lowest BCUT2D eigenvalue weighted by molar-refractivity contribution is -0.870. The summed E-state index contributed by atoms with van der Waals surface area (Å²) in [4.78, 5) is 0. The number of nitrogens with zero attached hydrogens (tertiary/aromatic N) is 3. The largest absolute Gasteiger partial charge is 0.493 e. The Balaban J connectivity index is 1.83. The summed E-state index contributed by atoms with van der Waals surface area (Å²) >= 11 is 0. The normalized spacial score (nSPS) is 11.8. The van der Waals surface area contributed by atoms with Crippen LogP contribution in [0.25, 0.3) is 0 Å². The summed E-state index contributed by atoms with van der Waals surface area (Å²) in [6, 6.07) is 15.7. The predicted octanol–water partition coefficient (Wildman–Crippen LogP) is 4.89. The Bertz CT molecular complexity index is 625.